The lowest BCUT2D eigenvalue weighted by atomic mass is 9.93. The van der Waals surface area contributed by atoms with Crippen LogP contribution in [0.1, 0.15) is 41.3 Å². The maximum Gasteiger partial charge on any atom is 0.257 e. The molecule has 0 fully saturated rings. The average Bonchev–Trinajstić information content (AvgIpc) is 2.81. The molecule has 6 nitrogen and oxygen atoms in total. The molecule has 0 radical (unpaired) electrons. The second-order valence-corrected chi connectivity index (χ2v) is 7.16. The van der Waals surface area contributed by atoms with Crippen LogP contribution in [-0.2, 0) is 17.8 Å². The SMILES string of the molecule is CCCCOc1cc2c(cc1OC)C(=O)N1Cc3ccccc3CC1C(=O)N2. The third-order valence-corrected chi connectivity index (χ3v) is 5.36. The van der Waals surface area contributed by atoms with Crippen LogP contribution in [0, 0.1) is 0 Å². The molecule has 1 unspecified atom stereocenters. The number of nitrogens with zero attached hydrogens (tertiary/aromatic N) is 1. The van der Waals surface area contributed by atoms with Gasteiger partial charge in [0.25, 0.3) is 5.91 Å². The Morgan fingerprint density at radius 3 is 2.68 bits per heavy atom. The first-order valence-corrected chi connectivity index (χ1v) is 9.65. The molecule has 2 amide bonds. The molecule has 0 spiro atoms. The number of carbonyl (C=O) groups excluding carboxylic acids is 2. The highest BCUT2D eigenvalue weighted by molar-refractivity contribution is 6.10. The van der Waals surface area contributed by atoms with Crippen LogP contribution in [0.3, 0.4) is 0 Å². The van der Waals surface area contributed by atoms with Crippen molar-refractivity contribution in [1.82, 2.24) is 4.90 Å². The van der Waals surface area contributed by atoms with Gasteiger partial charge in [-0.25, -0.2) is 0 Å². The van der Waals surface area contributed by atoms with Crippen LogP contribution in [0.5, 0.6) is 11.5 Å². The first kappa shape index (κ1) is 18.3. The monoisotopic (exact) mass is 380 g/mol. The third-order valence-electron chi connectivity index (χ3n) is 5.36. The molecule has 4 rings (SSSR count). The van der Waals surface area contributed by atoms with Gasteiger partial charge in [-0.15, -0.1) is 0 Å². The van der Waals surface area contributed by atoms with Gasteiger partial charge >= 0.3 is 0 Å². The Balaban J connectivity index is 1.71. The van der Waals surface area contributed by atoms with Gasteiger partial charge in [-0.1, -0.05) is 37.6 Å². The summed E-state index contributed by atoms with van der Waals surface area (Å²) in [4.78, 5) is 27.9. The molecule has 2 aromatic carbocycles. The predicted octanol–water partition coefficient (Wildman–Crippen LogP) is 3.39. The van der Waals surface area contributed by atoms with E-state index in [1.165, 1.54) is 0 Å². The number of benzene rings is 2. The highest BCUT2D eigenvalue weighted by Crippen LogP contribution is 2.37. The van der Waals surface area contributed by atoms with Crippen molar-refractivity contribution in [3.05, 3.63) is 53.1 Å². The molecule has 2 aliphatic rings. The quantitative estimate of drug-likeness (QED) is 0.808. The number of amides is 2. The van der Waals surface area contributed by atoms with Crippen molar-refractivity contribution < 1.29 is 19.1 Å². The summed E-state index contributed by atoms with van der Waals surface area (Å²) in [6, 6.07) is 10.8. The van der Waals surface area contributed by atoms with E-state index in [4.69, 9.17) is 9.47 Å². The standard InChI is InChI=1S/C22H24N2O4/c1-3-4-9-28-20-12-17-16(11-19(20)27-2)22(26)24-13-15-8-6-5-7-14(15)10-18(24)21(25)23-17/h5-8,11-12,18H,3-4,9-10,13H2,1-2H3,(H,23,25). The Hall–Kier alpha value is -3.02. The highest BCUT2D eigenvalue weighted by atomic mass is 16.5. The van der Waals surface area contributed by atoms with Crippen LogP contribution in [-0.4, -0.2) is 36.5 Å². The molecule has 146 valence electrons. The van der Waals surface area contributed by atoms with Gasteiger partial charge in [0.15, 0.2) is 11.5 Å². The van der Waals surface area contributed by atoms with Crippen molar-refractivity contribution in [2.75, 3.05) is 19.0 Å². The number of anilines is 1. The second-order valence-electron chi connectivity index (χ2n) is 7.16. The highest BCUT2D eigenvalue weighted by Gasteiger charge is 2.39. The fourth-order valence-electron chi connectivity index (χ4n) is 3.78. The van der Waals surface area contributed by atoms with Crippen molar-refractivity contribution in [1.29, 1.82) is 0 Å². The zero-order chi connectivity index (χ0) is 19.7. The molecule has 1 N–H and O–H groups in total. The largest absolute Gasteiger partial charge is 0.493 e. The van der Waals surface area contributed by atoms with Crippen LogP contribution < -0.4 is 14.8 Å². The van der Waals surface area contributed by atoms with E-state index in [0.29, 0.717) is 42.3 Å². The van der Waals surface area contributed by atoms with Crippen molar-refractivity contribution in [2.24, 2.45) is 0 Å². The van der Waals surface area contributed by atoms with Crippen molar-refractivity contribution in [3.63, 3.8) is 0 Å². The molecule has 2 aliphatic heterocycles. The van der Waals surface area contributed by atoms with Gasteiger partial charge in [0.2, 0.25) is 5.91 Å². The van der Waals surface area contributed by atoms with E-state index in [9.17, 15) is 9.59 Å². The second kappa shape index (κ2) is 7.54. The van der Waals surface area contributed by atoms with E-state index in [0.717, 1.165) is 24.0 Å². The first-order valence-electron chi connectivity index (χ1n) is 9.65. The summed E-state index contributed by atoms with van der Waals surface area (Å²) in [7, 11) is 1.55. The molecule has 6 heteroatoms. The van der Waals surface area contributed by atoms with Crippen LogP contribution in [0.4, 0.5) is 5.69 Å². The smallest absolute Gasteiger partial charge is 0.257 e. The van der Waals surface area contributed by atoms with E-state index in [-0.39, 0.29) is 11.8 Å². The molecule has 0 saturated carbocycles. The molecule has 1 atom stereocenters. The number of hydrogen-bond acceptors (Lipinski definition) is 4. The third kappa shape index (κ3) is 3.19. The van der Waals surface area contributed by atoms with E-state index < -0.39 is 6.04 Å². The number of fused-ring (bicyclic) bond motifs is 3. The molecule has 28 heavy (non-hydrogen) atoms. The van der Waals surface area contributed by atoms with Crippen molar-refractivity contribution >= 4 is 17.5 Å². The van der Waals surface area contributed by atoms with Gasteiger partial charge < -0.3 is 19.7 Å². The van der Waals surface area contributed by atoms with Gasteiger partial charge in [0, 0.05) is 19.0 Å². The summed E-state index contributed by atoms with van der Waals surface area (Å²) < 4.78 is 11.3. The number of ether oxygens (including phenoxy) is 2. The summed E-state index contributed by atoms with van der Waals surface area (Å²) in [5, 5.41) is 2.93. The zero-order valence-electron chi connectivity index (χ0n) is 16.2. The Bertz CT molecular complexity index is 925. The maximum atomic E-state index is 13.3. The molecule has 0 saturated heterocycles. The first-order chi connectivity index (χ1) is 13.6. The fourth-order valence-corrected chi connectivity index (χ4v) is 3.78. The number of hydrogen-bond donors (Lipinski definition) is 1. The number of nitrogens with one attached hydrogen (secondary N) is 1. The predicted molar refractivity (Wildman–Crippen MR) is 106 cm³/mol. The van der Waals surface area contributed by atoms with Gasteiger partial charge in [-0.05, 0) is 23.6 Å². The normalized spacial score (nSPS) is 17.8. The summed E-state index contributed by atoms with van der Waals surface area (Å²) in [6.07, 6.45) is 2.44. The van der Waals surface area contributed by atoms with Crippen molar-refractivity contribution in [2.45, 2.75) is 38.8 Å². The van der Waals surface area contributed by atoms with Crippen LogP contribution in [0.25, 0.3) is 0 Å². The Morgan fingerprint density at radius 1 is 1.14 bits per heavy atom. The van der Waals surface area contributed by atoms with Gasteiger partial charge in [-0.3, -0.25) is 9.59 Å². The molecule has 0 aliphatic carbocycles. The summed E-state index contributed by atoms with van der Waals surface area (Å²) >= 11 is 0. The van der Waals surface area contributed by atoms with Gasteiger partial charge in [-0.2, -0.15) is 0 Å². The Kier molecular flexibility index (Phi) is 4.94. The number of rotatable bonds is 5. The summed E-state index contributed by atoms with van der Waals surface area (Å²) in [5.41, 5.74) is 3.09. The van der Waals surface area contributed by atoms with Crippen molar-refractivity contribution in [3.8, 4) is 11.5 Å². The van der Waals surface area contributed by atoms with Crippen LogP contribution in [0.2, 0.25) is 0 Å². The molecule has 0 bridgehead atoms. The van der Waals surface area contributed by atoms with E-state index in [1.54, 1.807) is 24.1 Å². The minimum absolute atomic E-state index is 0.175. The lowest BCUT2D eigenvalue weighted by Gasteiger charge is -2.34. The van der Waals surface area contributed by atoms with E-state index in [1.807, 2.05) is 24.3 Å². The molecule has 2 aromatic rings. The van der Waals surface area contributed by atoms with Crippen LogP contribution >= 0.6 is 0 Å². The average molecular weight is 380 g/mol. The van der Waals surface area contributed by atoms with E-state index >= 15 is 0 Å². The number of unbranched alkanes of at least 4 members (excludes halogenated alkanes) is 1. The Labute approximate surface area is 164 Å². The van der Waals surface area contributed by atoms with Crippen LogP contribution in [0.15, 0.2) is 36.4 Å². The molecule has 2 heterocycles. The number of methoxy groups -OCH3 is 1. The topological polar surface area (TPSA) is 67.9 Å². The van der Waals surface area contributed by atoms with Gasteiger partial charge in [0.05, 0.1) is 25.0 Å². The zero-order valence-corrected chi connectivity index (χ0v) is 16.2. The molecule has 0 aromatic heterocycles. The summed E-state index contributed by atoms with van der Waals surface area (Å²) in [6.45, 7) is 3.06. The van der Waals surface area contributed by atoms with Gasteiger partial charge in [0.1, 0.15) is 6.04 Å². The summed E-state index contributed by atoms with van der Waals surface area (Å²) in [5.74, 6) is 0.678. The fraction of sp³-hybridized carbons (Fsp3) is 0.364. The molecular formula is C22H24N2O4. The maximum absolute atomic E-state index is 13.3. The number of carbonyl (C=O) groups is 2. The molecular weight excluding hydrogens is 356 g/mol. The Morgan fingerprint density at radius 2 is 1.93 bits per heavy atom. The lowest BCUT2D eigenvalue weighted by Crippen LogP contribution is -2.48. The minimum Gasteiger partial charge on any atom is -0.493 e. The lowest BCUT2D eigenvalue weighted by molar-refractivity contribution is -0.120. The van der Waals surface area contributed by atoms with E-state index in [2.05, 4.69) is 12.2 Å². The minimum atomic E-state index is -0.523.